The Morgan fingerprint density at radius 2 is 1.92 bits per heavy atom. The molecule has 1 saturated heterocycles. The minimum absolute atomic E-state index is 0.0419. The molecule has 0 aromatic heterocycles. The first-order valence-electron chi connectivity index (χ1n) is 8.69. The zero-order valence-corrected chi connectivity index (χ0v) is 14.5. The average Bonchev–Trinajstić information content (AvgIpc) is 3.40. The minimum Gasteiger partial charge on any atom is -0.469 e. The second-order valence-corrected chi connectivity index (χ2v) is 6.99. The number of nitrogens with zero attached hydrogens (tertiary/aromatic N) is 1. The van der Waals surface area contributed by atoms with Crippen LogP contribution in [0.4, 0.5) is 0 Å². The van der Waals surface area contributed by atoms with Gasteiger partial charge in [0.15, 0.2) is 0 Å². The van der Waals surface area contributed by atoms with E-state index in [1.54, 1.807) is 6.92 Å². The van der Waals surface area contributed by atoms with E-state index in [0.29, 0.717) is 25.3 Å². The van der Waals surface area contributed by atoms with E-state index in [-0.39, 0.29) is 17.9 Å². The van der Waals surface area contributed by atoms with Gasteiger partial charge in [-0.2, -0.15) is 0 Å². The second-order valence-electron chi connectivity index (χ2n) is 6.99. The Bertz CT molecular complexity index is 596. The first-order valence-corrected chi connectivity index (χ1v) is 8.69. The lowest BCUT2D eigenvalue weighted by molar-refractivity contribution is -0.157. The lowest BCUT2D eigenvalue weighted by atomic mass is 9.78. The van der Waals surface area contributed by atoms with Gasteiger partial charge in [0.05, 0.1) is 12.5 Å². The third kappa shape index (κ3) is 3.31. The molecule has 24 heavy (non-hydrogen) atoms. The Morgan fingerprint density at radius 1 is 1.25 bits per heavy atom. The molecular formula is C19H26N2O3. The van der Waals surface area contributed by atoms with E-state index in [1.807, 2.05) is 23.1 Å². The van der Waals surface area contributed by atoms with Crippen LogP contribution in [0, 0.1) is 5.41 Å². The van der Waals surface area contributed by atoms with Crippen LogP contribution in [-0.2, 0) is 14.3 Å². The van der Waals surface area contributed by atoms with Crippen LogP contribution in [0.15, 0.2) is 30.3 Å². The van der Waals surface area contributed by atoms with Crippen molar-refractivity contribution in [2.45, 2.75) is 38.1 Å². The van der Waals surface area contributed by atoms with Crippen molar-refractivity contribution in [2.75, 3.05) is 26.7 Å². The minimum atomic E-state index is -0.574. The van der Waals surface area contributed by atoms with Crippen LogP contribution < -0.4 is 5.32 Å². The zero-order valence-electron chi connectivity index (χ0n) is 14.5. The molecule has 5 heteroatoms. The number of rotatable bonds is 5. The normalized spacial score (nSPS) is 24.9. The summed E-state index contributed by atoms with van der Waals surface area (Å²) in [5.41, 5.74) is 0.696. The number of hydrogen-bond acceptors (Lipinski definition) is 4. The van der Waals surface area contributed by atoms with Crippen molar-refractivity contribution in [1.29, 1.82) is 0 Å². The predicted molar refractivity (Wildman–Crippen MR) is 91.5 cm³/mol. The van der Waals surface area contributed by atoms with Crippen molar-refractivity contribution in [3.05, 3.63) is 35.9 Å². The van der Waals surface area contributed by atoms with Crippen molar-refractivity contribution in [2.24, 2.45) is 5.41 Å². The highest BCUT2D eigenvalue weighted by atomic mass is 16.5. The molecule has 1 heterocycles. The largest absolute Gasteiger partial charge is 0.469 e. The van der Waals surface area contributed by atoms with Crippen LogP contribution in [0.5, 0.6) is 0 Å². The van der Waals surface area contributed by atoms with Gasteiger partial charge in [-0.05, 0) is 37.9 Å². The standard InChI is InChI=1S/C19H26N2O3/c1-14(22)21(17-12-16(17)15-6-4-3-5-7-15)13-19(18(23)24-2)8-10-20-11-9-19/h3-7,16-17,20H,8-13H2,1-2H3/t16-,17+/m1/s1. The summed E-state index contributed by atoms with van der Waals surface area (Å²) in [6.45, 7) is 3.64. The van der Waals surface area contributed by atoms with Gasteiger partial charge in [-0.25, -0.2) is 0 Å². The van der Waals surface area contributed by atoms with Gasteiger partial charge in [0.2, 0.25) is 5.91 Å². The third-order valence-corrected chi connectivity index (χ3v) is 5.44. The van der Waals surface area contributed by atoms with Gasteiger partial charge in [-0.1, -0.05) is 30.3 Å². The highest BCUT2D eigenvalue weighted by molar-refractivity contribution is 5.80. The van der Waals surface area contributed by atoms with Crippen molar-refractivity contribution >= 4 is 11.9 Å². The SMILES string of the molecule is COC(=O)C1(CN(C(C)=O)[C@H]2C[C@@H]2c2ccccc2)CCNCC1. The van der Waals surface area contributed by atoms with E-state index in [1.165, 1.54) is 12.7 Å². The Balaban J connectivity index is 1.76. The summed E-state index contributed by atoms with van der Waals surface area (Å²) >= 11 is 0. The van der Waals surface area contributed by atoms with E-state index in [0.717, 1.165) is 19.5 Å². The molecule has 1 aliphatic heterocycles. The number of esters is 1. The maximum Gasteiger partial charge on any atom is 0.313 e. The number of methoxy groups -OCH3 is 1. The average molecular weight is 330 g/mol. The maximum atomic E-state index is 12.5. The van der Waals surface area contributed by atoms with Crippen molar-refractivity contribution in [3.8, 4) is 0 Å². The Hall–Kier alpha value is -1.88. The monoisotopic (exact) mass is 330 g/mol. The lowest BCUT2D eigenvalue weighted by Crippen LogP contribution is -2.51. The van der Waals surface area contributed by atoms with Crippen LogP contribution in [0.2, 0.25) is 0 Å². The summed E-state index contributed by atoms with van der Waals surface area (Å²) in [6.07, 6.45) is 2.40. The van der Waals surface area contributed by atoms with Gasteiger partial charge in [-0.3, -0.25) is 9.59 Å². The van der Waals surface area contributed by atoms with Gasteiger partial charge in [0.1, 0.15) is 0 Å². The fraction of sp³-hybridized carbons (Fsp3) is 0.579. The summed E-state index contributed by atoms with van der Waals surface area (Å²) in [7, 11) is 1.44. The first-order chi connectivity index (χ1) is 11.6. The molecule has 1 aromatic rings. The quantitative estimate of drug-likeness (QED) is 0.838. The molecule has 1 N–H and O–H groups in total. The molecule has 130 valence electrons. The topological polar surface area (TPSA) is 58.6 Å². The molecule has 5 nitrogen and oxygen atoms in total. The molecule has 1 aliphatic carbocycles. The summed E-state index contributed by atoms with van der Waals surface area (Å²) in [5, 5.41) is 3.29. The fourth-order valence-electron chi connectivity index (χ4n) is 3.92. The van der Waals surface area contributed by atoms with Gasteiger partial charge in [0.25, 0.3) is 0 Å². The number of piperidine rings is 1. The molecule has 0 radical (unpaired) electrons. The van der Waals surface area contributed by atoms with Crippen LogP contribution >= 0.6 is 0 Å². The van der Waals surface area contributed by atoms with Crippen molar-refractivity contribution < 1.29 is 14.3 Å². The molecule has 1 amide bonds. The first kappa shape index (κ1) is 17.0. The smallest absolute Gasteiger partial charge is 0.313 e. The lowest BCUT2D eigenvalue weighted by Gasteiger charge is -2.39. The number of carbonyl (C=O) groups is 2. The summed E-state index contributed by atoms with van der Waals surface area (Å²) in [6, 6.07) is 10.5. The van der Waals surface area contributed by atoms with E-state index >= 15 is 0 Å². The molecule has 2 atom stereocenters. The number of hydrogen-bond donors (Lipinski definition) is 1. The fourth-order valence-corrected chi connectivity index (χ4v) is 3.92. The molecule has 3 rings (SSSR count). The van der Waals surface area contributed by atoms with Crippen LogP contribution in [0.1, 0.15) is 37.7 Å². The zero-order chi connectivity index (χ0) is 17.2. The van der Waals surface area contributed by atoms with Crippen LogP contribution in [-0.4, -0.2) is 49.6 Å². The van der Waals surface area contributed by atoms with Gasteiger partial charge in [0, 0.05) is 25.4 Å². The molecule has 0 spiro atoms. The van der Waals surface area contributed by atoms with E-state index < -0.39 is 5.41 Å². The molecule has 0 unspecified atom stereocenters. The van der Waals surface area contributed by atoms with Crippen LogP contribution in [0.25, 0.3) is 0 Å². The summed E-state index contributed by atoms with van der Waals surface area (Å²) in [4.78, 5) is 26.6. The van der Waals surface area contributed by atoms with Crippen LogP contribution in [0.3, 0.4) is 0 Å². The number of nitrogens with one attached hydrogen (secondary N) is 1. The molecule has 1 saturated carbocycles. The number of carbonyl (C=O) groups excluding carboxylic acids is 2. The highest BCUT2D eigenvalue weighted by Crippen LogP contribution is 2.46. The van der Waals surface area contributed by atoms with E-state index in [4.69, 9.17) is 4.74 Å². The Labute approximate surface area is 143 Å². The number of benzene rings is 1. The second kappa shape index (κ2) is 6.93. The molecule has 2 aliphatic rings. The molecule has 0 bridgehead atoms. The predicted octanol–water partition coefficient (Wildman–Crippen LogP) is 1.93. The number of ether oxygens (including phenoxy) is 1. The Kier molecular flexibility index (Phi) is 4.90. The van der Waals surface area contributed by atoms with Gasteiger partial charge >= 0.3 is 5.97 Å². The molecule has 2 fully saturated rings. The Morgan fingerprint density at radius 3 is 2.50 bits per heavy atom. The molecule has 1 aromatic carbocycles. The van der Waals surface area contributed by atoms with Gasteiger partial charge in [-0.15, -0.1) is 0 Å². The van der Waals surface area contributed by atoms with E-state index in [2.05, 4.69) is 17.4 Å². The third-order valence-electron chi connectivity index (χ3n) is 5.44. The van der Waals surface area contributed by atoms with Gasteiger partial charge < -0.3 is 15.0 Å². The maximum absolute atomic E-state index is 12.5. The van der Waals surface area contributed by atoms with Crippen molar-refractivity contribution in [1.82, 2.24) is 10.2 Å². The van der Waals surface area contributed by atoms with Crippen molar-refractivity contribution in [3.63, 3.8) is 0 Å². The highest BCUT2D eigenvalue weighted by Gasteiger charge is 2.49. The number of amides is 1. The van der Waals surface area contributed by atoms with E-state index in [9.17, 15) is 9.59 Å². The molecular weight excluding hydrogens is 304 g/mol. The summed E-state index contributed by atoms with van der Waals surface area (Å²) < 4.78 is 5.08. The summed E-state index contributed by atoms with van der Waals surface area (Å²) in [5.74, 6) is 0.235.